The fourth-order valence-electron chi connectivity index (χ4n) is 3.83. The van der Waals surface area contributed by atoms with E-state index in [1.54, 1.807) is 42.3 Å². The molecule has 4 heterocycles. The number of aromatic amines is 1. The Bertz CT molecular complexity index is 1440. The van der Waals surface area contributed by atoms with Gasteiger partial charge in [-0.15, -0.1) is 0 Å². The van der Waals surface area contributed by atoms with Gasteiger partial charge in [-0.1, -0.05) is 18.2 Å². The number of nitrogens with one attached hydrogen (secondary N) is 3. The molecule has 0 saturated carbocycles. The zero-order valence-electron chi connectivity index (χ0n) is 20.1. The van der Waals surface area contributed by atoms with Crippen molar-refractivity contribution in [2.75, 3.05) is 36.9 Å². The van der Waals surface area contributed by atoms with Gasteiger partial charge < -0.3 is 19.7 Å². The minimum atomic E-state index is -0.304. The lowest BCUT2D eigenvalue weighted by molar-refractivity contribution is 0.0564. The third kappa shape index (κ3) is 5.90. The fourth-order valence-corrected chi connectivity index (χ4v) is 3.83. The average molecular weight is 500 g/mol. The SMILES string of the molecule is Cc1nc(Nc2ccccc2)[nH]c(=O)c1-c1ccc(Oc2ccnc(NC(=O)N3CCOCC3)c2)cn1. The number of morpholine rings is 1. The molecule has 11 heteroatoms. The van der Waals surface area contributed by atoms with E-state index in [2.05, 4.69) is 30.6 Å². The van der Waals surface area contributed by atoms with Crippen LogP contribution < -0.4 is 20.9 Å². The highest BCUT2D eigenvalue weighted by Crippen LogP contribution is 2.25. The van der Waals surface area contributed by atoms with Gasteiger partial charge in [0.15, 0.2) is 0 Å². The molecule has 2 amide bonds. The van der Waals surface area contributed by atoms with Crippen molar-refractivity contribution >= 4 is 23.5 Å². The highest BCUT2D eigenvalue weighted by molar-refractivity contribution is 5.88. The molecule has 0 bridgehead atoms. The maximum atomic E-state index is 12.8. The lowest BCUT2D eigenvalue weighted by Gasteiger charge is -2.26. The summed E-state index contributed by atoms with van der Waals surface area (Å²) in [4.78, 5) is 42.7. The Hall–Kier alpha value is -4.77. The van der Waals surface area contributed by atoms with Crippen LogP contribution in [0.4, 0.5) is 22.2 Å². The zero-order chi connectivity index (χ0) is 25.6. The van der Waals surface area contributed by atoms with E-state index in [1.165, 1.54) is 6.20 Å². The highest BCUT2D eigenvalue weighted by atomic mass is 16.5. The first-order valence-corrected chi connectivity index (χ1v) is 11.7. The molecule has 0 aliphatic carbocycles. The largest absolute Gasteiger partial charge is 0.456 e. The van der Waals surface area contributed by atoms with E-state index in [-0.39, 0.29) is 11.6 Å². The van der Waals surface area contributed by atoms with Gasteiger partial charge in [0.2, 0.25) is 5.95 Å². The summed E-state index contributed by atoms with van der Waals surface area (Å²) in [7, 11) is 0. The van der Waals surface area contributed by atoms with Gasteiger partial charge in [0, 0.05) is 31.0 Å². The number of hydrogen-bond acceptors (Lipinski definition) is 8. The van der Waals surface area contributed by atoms with Gasteiger partial charge in [0.05, 0.1) is 36.4 Å². The van der Waals surface area contributed by atoms with E-state index in [4.69, 9.17) is 9.47 Å². The van der Waals surface area contributed by atoms with Crippen molar-refractivity contribution in [2.45, 2.75) is 6.92 Å². The van der Waals surface area contributed by atoms with Crippen molar-refractivity contribution in [3.05, 3.63) is 83.0 Å². The molecule has 0 atom stereocenters. The molecule has 1 fully saturated rings. The van der Waals surface area contributed by atoms with E-state index in [9.17, 15) is 9.59 Å². The number of nitrogens with zero attached hydrogens (tertiary/aromatic N) is 4. The van der Waals surface area contributed by atoms with Crippen LogP contribution in [0.25, 0.3) is 11.3 Å². The van der Waals surface area contributed by atoms with Gasteiger partial charge in [-0.2, -0.15) is 0 Å². The van der Waals surface area contributed by atoms with Crippen molar-refractivity contribution in [2.24, 2.45) is 0 Å². The van der Waals surface area contributed by atoms with Gasteiger partial charge in [-0.05, 0) is 37.3 Å². The molecule has 0 radical (unpaired) electrons. The molecule has 4 aromatic rings. The molecule has 1 saturated heterocycles. The number of benzene rings is 1. The minimum Gasteiger partial charge on any atom is -0.456 e. The standard InChI is InChI=1S/C26H25N7O4/c1-17-23(24(34)32-25(29-17)30-18-5-3-2-4-6-18)21-8-7-20(16-28-21)37-19-9-10-27-22(15-19)31-26(35)33-11-13-36-14-12-33/h2-10,15-16H,11-14H2,1H3,(H,27,31,35)(H2,29,30,32,34). The smallest absolute Gasteiger partial charge is 0.323 e. The first-order valence-electron chi connectivity index (χ1n) is 11.7. The first kappa shape index (κ1) is 23.9. The molecule has 37 heavy (non-hydrogen) atoms. The second kappa shape index (κ2) is 10.9. The van der Waals surface area contributed by atoms with Crippen molar-refractivity contribution in [3.63, 3.8) is 0 Å². The molecule has 3 aromatic heterocycles. The van der Waals surface area contributed by atoms with Crippen molar-refractivity contribution in [3.8, 4) is 22.8 Å². The number of amides is 2. The second-order valence-corrected chi connectivity index (χ2v) is 8.25. The molecule has 5 rings (SSSR count). The van der Waals surface area contributed by atoms with Gasteiger partial charge in [-0.3, -0.25) is 20.1 Å². The summed E-state index contributed by atoms with van der Waals surface area (Å²) in [5.41, 5.74) is 1.90. The van der Waals surface area contributed by atoms with Crippen LogP contribution in [0.5, 0.6) is 11.5 Å². The summed E-state index contributed by atoms with van der Waals surface area (Å²) in [6.07, 6.45) is 3.07. The van der Waals surface area contributed by atoms with Crippen molar-refractivity contribution < 1.29 is 14.3 Å². The average Bonchev–Trinajstić information content (AvgIpc) is 2.91. The molecule has 1 aliphatic rings. The lowest BCUT2D eigenvalue weighted by Crippen LogP contribution is -2.43. The Morgan fingerprint density at radius 3 is 2.59 bits per heavy atom. The molecule has 188 valence electrons. The topological polar surface area (TPSA) is 134 Å². The number of pyridine rings is 2. The van der Waals surface area contributed by atoms with Gasteiger partial charge in [-0.25, -0.2) is 14.8 Å². The Balaban J connectivity index is 1.27. The summed E-state index contributed by atoms with van der Waals surface area (Å²) < 4.78 is 11.2. The number of hydrogen-bond donors (Lipinski definition) is 3. The third-order valence-corrected chi connectivity index (χ3v) is 5.63. The number of aromatic nitrogens is 4. The van der Waals surface area contributed by atoms with Crippen LogP contribution >= 0.6 is 0 Å². The number of ether oxygens (including phenoxy) is 2. The van der Waals surface area contributed by atoms with Gasteiger partial charge in [0.1, 0.15) is 17.3 Å². The Kier molecular flexibility index (Phi) is 7.04. The summed E-state index contributed by atoms with van der Waals surface area (Å²) in [5.74, 6) is 1.67. The molecule has 0 spiro atoms. The van der Waals surface area contributed by atoms with Crippen LogP contribution in [0.15, 0.2) is 71.8 Å². The van der Waals surface area contributed by atoms with Crippen LogP contribution in [0, 0.1) is 6.92 Å². The maximum Gasteiger partial charge on any atom is 0.323 e. The number of urea groups is 1. The molecular formula is C26H25N7O4. The van der Waals surface area contributed by atoms with Crippen LogP contribution in [0.1, 0.15) is 5.69 Å². The predicted octanol–water partition coefficient (Wildman–Crippen LogP) is 3.94. The first-order chi connectivity index (χ1) is 18.0. The maximum absolute atomic E-state index is 12.8. The second-order valence-electron chi connectivity index (χ2n) is 8.25. The summed E-state index contributed by atoms with van der Waals surface area (Å²) in [6, 6.07) is 15.9. The van der Waals surface area contributed by atoms with Gasteiger partial charge in [0.25, 0.3) is 5.56 Å². The summed E-state index contributed by atoms with van der Waals surface area (Å²) >= 11 is 0. The van der Waals surface area contributed by atoms with Crippen molar-refractivity contribution in [1.29, 1.82) is 0 Å². The number of carbonyl (C=O) groups excluding carboxylic acids is 1. The molecule has 11 nitrogen and oxygen atoms in total. The number of anilines is 3. The number of H-pyrrole nitrogens is 1. The van der Waals surface area contributed by atoms with Crippen molar-refractivity contribution in [1.82, 2.24) is 24.8 Å². The zero-order valence-corrected chi connectivity index (χ0v) is 20.1. The van der Waals surface area contributed by atoms with Crippen LogP contribution in [-0.4, -0.2) is 57.2 Å². The number of para-hydroxylation sites is 1. The minimum absolute atomic E-state index is 0.238. The highest BCUT2D eigenvalue weighted by Gasteiger charge is 2.17. The summed E-state index contributed by atoms with van der Waals surface area (Å²) in [6.45, 7) is 3.86. The Morgan fingerprint density at radius 2 is 1.86 bits per heavy atom. The monoisotopic (exact) mass is 499 g/mol. The Morgan fingerprint density at radius 1 is 1.05 bits per heavy atom. The Labute approximate surface area is 212 Å². The number of rotatable bonds is 6. The molecule has 0 unspecified atom stereocenters. The molecule has 3 N–H and O–H groups in total. The lowest BCUT2D eigenvalue weighted by atomic mass is 10.1. The molecular weight excluding hydrogens is 474 g/mol. The van der Waals surface area contributed by atoms with E-state index in [1.807, 2.05) is 30.3 Å². The van der Waals surface area contributed by atoms with Crippen LogP contribution in [-0.2, 0) is 4.74 Å². The van der Waals surface area contributed by atoms with Gasteiger partial charge >= 0.3 is 6.03 Å². The van der Waals surface area contributed by atoms with Crippen LogP contribution in [0.2, 0.25) is 0 Å². The fraction of sp³-hybridized carbons (Fsp3) is 0.192. The number of aryl methyl sites for hydroxylation is 1. The quantitative estimate of drug-likeness (QED) is 0.363. The number of carbonyl (C=O) groups is 1. The van der Waals surface area contributed by atoms with E-state index >= 15 is 0 Å². The molecule has 1 aromatic carbocycles. The third-order valence-electron chi connectivity index (χ3n) is 5.63. The predicted molar refractivity (Wildman–Crippen MR) is 138 cm³/mol. The molecule has 1 aliphatic heterocycles. The van der Waals surface area contributed by atoms with E-state index in [0.717, 1.165) is 5.69 Å². The van der Waals surface area contributed by atoms with E-state index < -0.39 is 0 Å². The van der Waals surface area contributed by atoms with E-state index in [0.29, 0.717) is 66.5 Å². The summed E-state index contributed by atoms with van der Waals surface area (Å²) in [5, 5.41) is 5.86. The van der Waals surface area contributed by atoms with Crippen LogP contribution in [0.3, 0.4) is 0 Å². The normalized spacial score (nSPS) is 13.2.